The van der Waals surface area contributed by atoms with E-state index in [1.165, 1.54) is 6.20 Å². The van der Waals surface area contributed by atoms with E-state index in [2.05, 4.69) is 9.97 Å². The van der Waals surface area contributed by atoms with Crippen molar-refractivity contribution in [3.63, 3.8) is 0 Å². The number of pyridine rings is 2. The Morgan fingerprint density at radius 3 is 2.69 bits per heavy atom. The lowest BCUT2D eigenvalue weighted by atomic mass is 10.2. The molecule has 80 valence electrons. The Hall–Kier alpha value is -1.87. The zero-order chi connectivity index (χ0) is 11.4. The van der Waals surface area contributed by atoms with Gasteiger partial charge in [-0.05, 0) is 23.8 Å². The van der Waals surface area contributed by atoms with Crippen molar-refractivity contribution in [2.24, 2.45) is 0 Å². The molecule has 0 spiro atoms. The SMILES string of the molecule is Nc1cnc(Cl)c(/C=C/c2ccncc2)c1. The van der Waals surface area contributed by atoms with E-state index in [1.54, 1.807) is 18.5 Å². The molecule has 2 N–H and O–H groups in total. The molecule has 3 nitrogen and oxygen atoms in total. The highest BCUT2D eigenvalue weighted by atomic mass is 35.5. The van der Waals surface area contributed by atoms with Crippen molar-refractivity contribution in [1.82, 2.24) is 9.97 Å². The van der Waals surface area contributed by atoms with Gasteiger partial charge in [-0.3, -0.25) is 4.98 Å². The third-order valence-corrected chi connectivity index (χ3v) is 2.36. The van der Waals surface area contributed by atoms with Crippen LogP contribution in [0.3, 0.4) is 0 Å². The Morgan fingerprint density at radius 2 is 1.94 bits per heavy atom. The van der Waals surface area contributed by atoms with Crippen molar-refractivity contribution < 1.29 is 0 Å². The van der Waals surface area contributed by atoms with Crippen LogP contribution in [0.15, 0.2) is 36.8 Å². The predicted octanol–water partition coefficient (Wildman–Crippen LogP) is 2.88. The molecule has 0 aliphatic carbocycles. The first-order chi connectivity index (χ1) is 7.75. The van der Waals surface area contributed by atoms with Gasteiger partial charge in [-0.15, -0.1) is 0 Å². The number of aromatic nitrogens is 2. The molecular weight excluding hydrogens is 222 g/mol. The summed E-state index contributed by atoms with van der Waals surface area (Å²) in [6, 6.07) is 5.60. The molecule has 0 bridgehead atoms. The molecule has 2 heterocycles. The summed E-state index contributed by atoms with van der Waals surface area (Å²) in [6.07, 6.45) is 8.81. The van der Waals surface area contributed by atoms with Gasteiger partial charge in [0, 0.05) is 18.0 Å². The van der Waals surface area contributed by atoms with E-state index in [4.69, 9.17) is 17.3 Å². The van der Waals surface area contributed by atoms with Gasteiger partial charge in [-0.2, -0.15) is 0 Å². The van der Waals surface area contributed by atoms with E-state index in [0.717, 1.165) is 11.1 Å². The fourth-order valence-corrected chi connectivity index (χ4v) is 1.43. The number of hydrogen-bond acceptors (Lipinski definition) is 3. The first-order valence-electron chi connectivity index (χ1n) is 4.75. The molecule has 0 atom stereocenters. The number of nitrogens with two attached hydrogens (primary N) is 1. The van der Waals surface area contributed by atoms with E-state index in [9.17, 15) is 0 Å². The second kappa shape index (κ2) is 4.77. The molecule has 0 unspecified atom stereocenters. The number of rotatable bonds is 2. The maximum Gasteiger partial charge on any atom is 0.136 e. The number of hydrogen-bond donors (Lipinski definition) is 1. The summed E-state index contributed by atoms with van der Waals surface area (Å²) >= 11 is 5.93. The van der Waals surface area contributed by atoms with Crippen LogP contribution in [0.2, 0.25) is 5.15 Å². The minimum Gasteiger partial charge on any atom is -0.397 e. The largest absolute Gasteiger partial charge is 0.397 e. The standard InChI is InChI=1S/C12H10ClN3/c13-12-10(7-11(14)8-16-12)2-1-9-3-5-15-6-4-9/h1-8H,14H2/b2-1+. The van der Waals surface area contributed by atoms with Gasteiger partial charge in [-0.1, -0.05) is 23.8 Å². The van der Waals surface area contributed by atoms with E-state index in [0.29, 0.717) is 10.8 Å². The minimum atomic E-state index is 0.444. The minimum absolute atomic E-state index is 0.444. The van der Waals surface area contributed by atoms with Crippen LogP contribution < -0.4 is 5.73 Å². The van der Waals surface area contributed by atoms with Crippen LogP contribution in [-0.2, 0) is 0 Å². The molecule has 4 heteroatoms. The van der Waals surface area contributed by atoms with Crippen molar-refractivity contribution in [2.75, 3.05) is 5.73 Å². The lowest BCUT2D eigenvalue weighted by Crippen LogP contribution is -1.88. The molecule has 0 radical (unpaired) electrons. The van der Waals surface area contributed by atoms with E-state index < -0.39 is 0 Å². The molecule has 2 aromatic rings. The molecule has 0 saturated heterocycles. The monoisotopic (exact) mass is 231 g/mol. The third kappa shape index (κ3) is 2.58. The van der Waals surface area contributed by atoms with Crippen molar-refractivity contribution in [3.05, 3.63) is 53.1 Å². The fraction of sp³-hybridized carbons (Fsp3) is 0. The first kappa shape index (κ1) is 10.6. The van der Waals surface area contributed by atoms with Gasteiger partial charge in [0.05, 0.1) is 11.9 Å². The maximum atomic E-state index is 5.93. The average molecular weight is 232 g/mol. The number of halogens is 1. The van der Waals surface area contributed by atoms with Gasteiger partial charge < -0.3 is 5.73 Å². The first-order valence-corrected chi connectivity index (χ1v) is 5.12. The van der Waals surface area contributed by atoms with Crippen LogP contribution in [0.5, 0.6) is 0 Å². The lowest BCUT2D eigenvalue weighted by Gasteiger charge is -1.98. The van der Waals surface area contributed by atoms with Gasteiger partial charge in [0.2, 0.25) is 0 Å². The summed E-state index contributed by atoms with van der Waals surface area (Å²) in [5.41, 5.74) is 8.08. The zero-order valence-corrected chi connectivity index (χ0v) is 9.22. The Morgan fingerprint density at radius 1 is 1.19 bits per heavy atom. The molecule has 0 aliphatic heterocycles. The smallest absolute Gasteiger partial charge is 0.136 e. The summed E-state index contributed by atoms with van der Waals surface area (Å²) in [4.78, 5) is 7.91. The van der Waals surface area contributed by atoms with Crippen molar-refractivity contribution >= 4 is 29.4 Å². The van der Waals surface area contributed by atoms with Crippen LogP contribution in [0.25, 0.3) is 12.2 Å². The van der Waals surface area contributed by atoms with Crippen molar-refractivity contribution in [1.29, 1.82) is 0 Å². The quantitative estimate of drug-likeness (QED) is 0.809. The summed E-state index contributed by atoms with van der Waals surface area (Å²) in [7, 11) is 0. The van der Waals surface area contributed by atoms with Crippen LogP contribution in [0.1, 0.15) is 11.1 Å². The molecule has 0 amide bonds. The second-order valence-electron chi connectivity index (χ2n) is 3.26. The second-order valence-corrected chi connectivity index (χ2v) is 3.62. The highest BCUT2D eigenvalue weighted by molar-refractivity contribution is 6.31. The Kier molecular flexibility index (Phi) is 3.17. The average Bonchev–Trinajstić information content (AvgIpc) is 2.32. The van der Waals surface area contributed by atoms with Gasteiger partial charge in [0.25, 0.3) is 0 Å². The van der Waals surface area contributed by atoms with Crippen LogP contribution >= 0.6 is 11.6 Å². The van der Waals surface area contributed by atoms with E-state index in [1.807, 2.05) is 24.3 Å². The highest BCUT2D eigenvalue weighted by Gasteiger charge is 1.97. The molecule has 0 fully saturated rings. The van der Waals surface area contributed by atoms with Crippen LogP contribution in [0, 0.1) is 0 Å². The summed E-state index contributed by atoms with van der Waals surface area (Å²) < 4.78 is 0. The Bertz CT molecular complexity index is 509. The van der Waals surface area contributed by atoms with Gasteiger partial charge in [-0.25, -0.2) is 4.98 Å². The molecular formula is C12H10ClN3. The highest BCUT2D eigenvalue weighted by Crippen LogP contribution is 2.18. The predicted molar refractivity (Wildman–Crippen MR) is 66.8 cm³/mol. The summed E-state index contributed by atoms with van der Waals surface area (Å²) in [5, 5.41) is 0.444. The molecule has 16 heavy (non-hydrogen) atoms. The number of nitrogen functional groups attached to an aromatic ring is 1. The van der Waals surface area contributed by atoms with Gasteiger partial charge in [0.15, 0.2) is 0 Å². The molecule has 0 aliphatic rings. The maximum absolute atomic E-state index is 5.93. The number of anilines is 1. The topological polar surface area (TPSA) is 51.8 Å². The van der Waals surface area contributed by atoms with E-state index in [-0.39, 0.29) is 0 Å². The molecule has 0 saturated carbocycles. The Balaban J connectivity index is 2.27. The van der Waals surface area contributed by atoms with Crippen LogP contribution in [0.4, 0.5) is 5.69 Å². The number of nitrogens with zero attached hydrogens (tertiary/aromatic N) is 2. The summed E-state index contributed by atoms with van der Waals surface area (Å²) in [5.74, 6) is 0. The third-order valence-electron chi connectivity index (χ3n) is 2.05. The van der Waals surface area contributed by atoms with Crippen molar-refractivity contribution in [2.45, 2.75) is 0 Å². The molecule has 2 aromatic heterocycles. The van der Waals surface area contributed by atoms with Gasteiger partial charge in [0.1, 0.15) is 5.15 Å². The molecule has 0 aromatic carbocycles. The lowest BCUT2D eigenvalue weighted by molar-refractivity contribution is 1.32. The fourth-order valence-electron chi connectivity index (χ4n) is 1.26. The zero-order valence-electron chi connectivity index (χ0n) is 8.47. The molecule has 2 rings (SSSR count). The van der Waals surface area contributed by atoms with Crippen LogP contribution in [-0.4, -0.2) is 9.97 Å². The Labute approximate surface area is 98.6 Å². The summed E-state index contributed by atoms with van der Waals surface area (Å²) in [6.45, 7) is 0. The van der Waals surface area contributed by atoms with Gasteiger partial charge >= 0.3 is 0 Å². The normalized spacial score (nSPS) is 10.8. The van der Waals surface area contributed by atoms with Crippen molar-refractivity contribution in [3.8, 4) is 0 Å². The van der Waals surface area contributed by atoms with E-state index >= 15 is 0 Å².